The van der Waals surface area contributed by atoms with E-state index in [0.29, 0.717) is 18.7 Å². The Hall–Kier alpha value is -2.73. The molecule has 2 aromatic carbocycles. The van der Waals surface area contributed by atoms with E-state index in [0.717, 1.165) is 28.7 Å². The molecule has 0 radical (unpaired) electrons. The van der Waals surface area contributed by atoms with Crippen LogP contribution in [0.1, 0.15) is 10.4 Å². The molecule has 4 rings (SSSR count). The lowest BCUT2D eigenvalue weighted by Gasteiger charge is -2.34. The van der Waals surface area contributed by atoms with Gasteiger partial charge in [0.2, 0.25) is 0 Å². The van der Waals surface area contributed by atoms with Gasteiger partial charge in [0, 0.05) is 37.9 Å². The number of carbonyl (C=O) groups is 1. The van der Waals surface area contributed by atoms with Gasteiger partial charge in [0.05, 0.1) is 4.88 Å². The van der Waals surface area contributed by atoms with Crippen molar-refractivity contribution in [1.29, 1.82) is 0 Å². The minimum atomic E-state index is -0.384. The first kappa shape index (κ1) is 16.7. The van der Waals surface area contributed by atoms with Crippen LogP contribution >= 0.6 is 11.3 Å². The van der Waals surface area contributed by atoms with Crippen molar-refractivity contribution in [2.75, 3.05) is 31.1 Å². The number of halogens is 1. The van der Waals surface area contributed by atoms with Crippen LogP contribution in [0.2, 0.25) is 0 Å². The van der Waals surface area contributed by atoms with Crippen molar-refractivity contribution in [2.45, 2.75) is 0 Å². The van der Waals surface area contributed by atoms with Crippen molar-refractivity contribution in [1.82, 2.24) is 9.88 Å². The molecule has 1 fully saturated rings. The number of hydrogen-bond acceptors (Lipinski definition) is 4. The highest BCUT2D eigenvalue weighted by Crippen LogP contribution is 2.31. The smallest absolute Gasteiger partial charge is 0.254 e. The van der Waals surface area contributed by atoms with Gasteiger partial charge in [-0.1, -0.05) is 47.7 Å². The first-order valence-corrected chi connectivity index (χ1v) is 9.33. The van der Waals surface area contributed by atoms with E-state index in [1.54, 1.807) is 28.4 Å². The Morgan fingerprint density at radius 2 is 1.77 bits per heavy atom. The van der Waals surface area contributed by atoms with Crippen LogP contribution in [0.3, 0.4) is 0 Å². The Kier molecular flexibility index (Phi) is 4.67. The van der Waals surface area contributed by atoms with Crippen LogP contribution in [0.15, 0.2) is 60.8 Å². The number of amides is 1. The summed E-state index contributed by atoms with van der Waals surface area (Å²) in [6.07, 6.45) is 1.90. The second-order valence-electron chi connectivity index (χ2n) is 6.16. The monoisotopic (exact) mass is 367 g/mol. The molecule has 0 spiro atoms. The second-order valence-corrected chi connectivity index (χ2v) is 7.17. The zero-order valence-electron chi connectivity index (χ0n) is 14.1. The Morgan fingerprint density at radius 1 is 1.00 bits per heavy atom. The van der Waals surface area contributed by atoms with Crippen LogP contribution in [0.4, 0.5) is 9.52 Å². The number of thiazole rings is 1. The number of aromatic nitrogens is 1. The van der Waals surface area contributed by atoms with Crippen molar-refractivity contribution >= 4 is 22.4 Å². The molecule has 0 atom stereocenters. The Labute approximate surface area is 155 Å². The zero-order chi connectivity index (χ0) is 17.9. The van der Waals surface area contributed by atoms with Gasteiger partial charge in [0.25, 0.3) is 5.91 Å². The SMILES string of the molecule is O=C(c1cccc(F)c1)N1CCN(c2ncc(-c3ccccc3)s2)CC1. The number of nitrogens with zero attached hydrogens (tertiary/aromatic N) is 3. The highest BCUT2D eigenvalue weighted by molar-refractivity contribution is 7.18. The lowest BCUT2D eigenvalue weighted by atomic mass is 10.2. The summed E-state index contributed by atoms with van der Waals surface area (Å²) in [5.74, 6) is -0.501. The Bertz CT molecular complexity index is 904. The molecule has 0 N–H and O–H groups in total. The predicted molar refractivity (Wildman–Crippen MR) is 102 cm³/mol. The van der Waals surface area contributed by atoms with E-state index in [2.05, 4.69) is 22.0 Å². The van der Waals surface area contributed by atoms with Gasteiger partial charge in [0.1, 0.15) is 5.82 Å². The fourth-order valence-corrected chi connectivity index (χ4v) is 4.03. The topological polar surface area (TPSA) is 36.4 Å². The maximum absolute atomic E-state index is 13.3. The van der Waals surface area contributed by atoms with Crippen LogP contribution in [0, 0.1) is 5.82 Å². The first-order chi connectivity index (χ1) is 12.7. The van der Waals surface area contributed by atoms with Crippen molar-refractivity contribution in [3.8, 4) is 10.4 Å². The third-order valence-corrected chi connectivity index (χ3v) is 5.57. The fourth-order valence-electron chi connectivity index (χ4n) is 3.05. The molecule has 0 bridgehead atoms. The molecule has 6 heteroatoms. The van der Waals surface area contributed by atoms with Crippen molar-refractivity contribution in [3.63, 3.8) is 0 Å². The molecule has 132 valence electrons. The quantitative estimate of drug-likeness (QED) is 0.704. The number of hydrogen-bond donors (Lipinski definition) is 0. The average molecular weight is 367 g/mol. The maximum Gasteiger partial charge on any atom is 0.254 e. The van der Waals surface area contributed by atoms with E-state index in [1.165, 1.54) is 12.1 Å². The van der Waals surface area contributed by atoms with Crippen LogP contribution in [-0.2, 0) is 0 Å². The van der Waals surface area contributed by atoms with Gasteiger partial charge in [0.15, 0.2) is 5.13 Å². The summed E-state index contributed by atoms with van der Waals surface area (Å²) < 4.78 is 13.3. The molecule has 0 saturated carbocycles. The van der Waals surface area contributed by atoms with Gasteiger partial charge in [-0.05, 0) is 23.8 Å². The summed E-state index contributed by atoms with van der Waals surface area (Å²) in [6.45, 7) is 2.66. The normalized spacial score (nSPS) is 14.5. The molecule has 26 heavy (non-hydrogen) atoms. The minimum Gasteiger partial charge on any atom is -0.345 e. The number of piperazine rings is 1. The summed E-state index contributed by atoms with van der Waals surface area (Å²) in [6, 6.07) is 16.1. The highest BCUT2D eigenvalue weighted by atomic mass is 32.1. The van der Waals surface area contributed by atoms with E-state index in [9.17, 15) is 9.18 Å². The molecule has 1 amide bonds. The lowest BCUT2D eigenvalue weighted by molar-refractivity contribution is 0.0746. The van der Waals surface area contributed by atoms with Gasteiger partial charge >= 0.3 is 0 Å². The third-order valence-electron chi connectivity index (χ3n) is 4.46. The molecule has 1 aromatic heterocycles. The molecular weight excluding hydrogens is 349 g/mol. The average Bonchev–Trinajstić information content (AvgIpc) is 3.18. The van der Waals surface area contributed by atoms with Crippen LogP contribution in [0.25, 0.3) is 10.4 Å². The van der Waals surface area contributed by atoms with Crippen molar-refractivity contribution in [2.24, 2.45) is 0 Å². The number of carbonyl (C=O) groups excluding carboxylic acids is 1. The molecular formula is C20H18FN3OS. The minimum absolute atomic E-state index is 0.117. The number of anilines is 1. The standard InChI is InChI=1S/C20H18FN3OS/c21-17-8-4-7-16(13-17)19(25)23-9-11-24(12-10-23)20-22-14-18(26-20)15-5-2-1-3-6-15/h1-8,13-14H,9-12H2. The van der Waals surface area contributed by atoms with Gasteiger partial charge in [-0.3, -0.25) is 4.79 Å². The summed E-state index contributed by atoms with van der Waals surface area (Å²) in [5, 5.41) is 0.974. The third kappa shape index (κ3) is 3.46. The van der Waals surface area contributed by atoms with E-state index in [-0.39, 0.29) is 11.7 Å². The molecule has 0 unspecified atom stereocenters. The molecule has 0 aliphatic carbocycles. The molecule has 2 heterocycles. The second kappa shape index (κ2) is 7.25. The van der Waals surface area contributed by atoms with Crippen LogP contribution in [0.5, 0.6) is 0 Å². The summed E-state index contributed by atoms with van der Waals surface area (Å²) in [7, 11) is 0. The summed E-state index contributed by atoms with van der Waals surface area (Å²) >= 11 is 1.66. The van der Waals surface area contributed by atoms with Crippen LogP contribution < -0.4 is 4.90 Å². The first-order valence-electron chi connectivity index (χ1n) is 8.52. The van der Waals surface area contributed by atoms with Crippen LogP contribution in [-0.4, -0.2) is 42.0 Å². The van der Waals surface area contributed by atoms with Gasteiger partial charge in [-0.15, -0.1) is 0 Å². The van der Waals surface area contributed by atoms with Gasteiger partial charge in [-0.2, -0.15) is 0 Å². The van der Waals surface area contributed by atoms with E-state index in [1.807, 2.05) is 24.4 Å². The lowest BCUT2D eigenvalue weighted by Crippen LogP contribution is -2.48. The predicted octanol–water partition coefficient (Wildman–Crippen LogP) is 3.91. The van der Waals surface area contributed by atoms with Crippen molar-refractivity contribution < 1.29 is 9.18 Å². The van der Waals surface area contributed by atoms with Gasteiger partial charge in [-0.25, -0.2) is 9.37 Å². The number of benzene rings is 2. The number of rotatable bonds is 3. The summed E-state index contributed by atoms with van der Waals surface area (Å²) in [5.41, 5.74) is 1.57. The Morgan fingerprint density at radius 3 is 2.50 bits per heavy atom. The van der Waals surface area contributed by atoms with E-state index < -0.39 is 0 Å². The fraction of sp³-hybridized carbons (Fsp3) is 0.200. The maximum atomic E-state index is 13.3. The molecule has 3 aromatic rings. The highest BCUT2D eigenvalue weighted by Gasteiger charge is 2.24. The molecule has 1 aliphatic heterocycles. The zero-order valence-corrected chi connectivity index (χ0v) is 15.0. The largest absolute Gasteiger partial charge is 0.345 e. The molecule has 4 nitrogen and oxygen atoms in total. The Balaban J connectivity index is 1.41. The van der Waals surface area contributed by atoms with Gasteiger partial charge < -0.3 is 9.80 Å². The molecule has 1 aliphatic rings. The van der Waals surface area contributed by atoms with Crippen molar-refractivity contribution in [3.05, 3.63) is 72.2 Å². The van der Waals surface area contributed by atoms with E-state index in [4.69, 9.17) is 0 Å². The van der Waals surface area contributed by atoms with E-state index >= 15 is 0 Å². The molecule has 1 saturated heterocycles. The summed E-state index contributed by atoms with van der Waals surface area (Å²) in [4.78, 5) is 22.2.